The largest absolute Gasteiger partial charge is 0.444 e. The fourth-order valence-corrected chi connectivity index (χ4v) is 2.97. The molecular weight excluding hydrogens is 330 g/mol. The van der Waals surface area contributed by atoms with Crippen LogP contribution in [0.3, 0.4) is 0 Å². The molecule has 0 fully saturated rings. The van der Waals surface area contributed by atoms with Crippen LogP contribution >= 0.6 is 0 Å². The molecule has 4 rings (SSSR count). The number of carbonyl (C=O) groups excluding carboxylic acids is 2. The maximum Gasteiger partial charge on any atom is 0.411 e. The minimum Gasteiger partial charge on any atom is -0.444 e. The summed E-state index contributed by atoms with van der Waals surface area (Å²) >= 11 is 0. The summed E-state index contributed by atoms with van der Waals surface area (Å²) in [5, 5.41) is 7.56. The quantitative estimate of drug-likeness (QED) is 0.675. The maximum absolute atomic E-state index is 12.5. The molecule has 2 amide bonds. The van der Waals surface area contributed by atoms with Crippen molar-refractivity contribution in [3.63, 3.8) is 0 Å². The second-order valence-corrected chi connectivity index (χ2v) is 6.15. The second-order valence-electron chi connectivity index (χ2n) is 6.15. The van der Waals surface area contributed by atoms with E-state index in [0.717, 1.165) is 21.9 Å². The van der Waals surface area contributed by atoms with Gasteiger partial charge in [0, 0.05) is 11.3 Å². The summed E-state index contributed by atoms with van der Waals surface area (Å²) < 4.78 is 4.93. The van der Waals surface area contributed by atoms with Crippen LogP contribution in [0, 0.1) is 0 Å². The minimum atomic E-state index is -0.786. The Bertz CT molecular complexity index is 1020. The molecule has 6 heteroatoms. The van der Waals surface area contributed by atoms with Crippen LogP contribution < -0.4 is 16.4 Å². The number of ether oxygens (including phenoxy) is 1. The van der Waals surface area contributed by atoms with Crippen LogP contribution in [0.2, 0.25) is 0 Å². The van der Waals surface area contributed by atoms with Crippen molar-refractivity contribution in [3.8, 4) is 0 Å². The highest BCUT2D eigenvalue weighted by Crippen LogP contribution is 2.26. The molecule has 0 aliphatic carbocycles. The van der Waals surface area contributed by atoms with E-state index < -0.39 is 12.1 Å². The van der Waals surface area contributed by atoms with E-state index in [1.54, 1.807) is 18.2 Å². The molecule has 3 aromatic carbocycles. The van der Waals surface area contributed by atoms with Crippen molar-refractivity contribution >= 4 is 34.1 Å². The highest BCUT2D eigenvalue weighted by Gasteiger charge is 2.19. The fourth-order valence-electron chi connectivity index (χ4n) is 2.97. The summed E-state index contributed by atoms with van der Waals surface area (Å²) in [4.78, 5) is 23.7. The van der Waals surface area contributed by atoms with Gasteiger partial charge in [-0.1, -0.05) is 36.4 Å². The Hall–Kier alpha value is -3.38. The third-order valence-corrected chi connectivity index (χ3v) is 4.38. The zero-order valence-corrected chi connectivity index (χ0v) is 13.9. The van der Waals surface area contributed by atoms with Crippen molar-refractivity contribution in [2.75, 3.05) is 10.6 Å². The fraction of sp³-hybridized carbons (Fsp3) is 0.100. The molecule has 1 aliphatic heterocycles. The summed E-state index contributed by atoms with van der Waals surface area (Å²) in [5.41, 5.74) is 8.96. The van der Waals surface area contributed by atoms with Crippen molar-refractivity contribution in [1.29, 1.82) is 0 Å². The third-order valence-electron chi connectivity index (χ3n) is 4.38. The van der Waals surface area contributed by atoms with E-state index in [0.29, 0.717) is 11.4 Å². The van der Waals surface area contributed by atoms with Gasteiger partial charge in [-0.15, -0.1) is 0 Å². The minimum absolute atomic E-state index is 0.168. The van der Waals surface area contributed by atoms with Crippen LogP contribution in [-0.2, 0) is 16.1 Å². The normalized spacial score (nSPS) is 14.1. The van der Waals surface area contributed by atoms with E-state index in [9.17, 15) is 9.59 Å². The topological polar surface area (TPSA) is 93.5 Å². The molecule has 0 aromatic heterocycles. The number of cyclic esters (lactones) is 1. The summed E-state index contributed by atoms with van der Waals surface area (Å²) in [7, 11) is 0. The van der Waals surface area contributed by atoms with E-state index in [2.05, 4.69) is 10.6 Å². The van der Waals surface area contributed by atoms with Gasteiger partial charge in [0.15, 0.2) is 0 Å². The number of hydrogen-bond acceptors (Lipinski definition) is 4. The van der Waals surface area contributed by atoms with Crippen molar-refractivity contribution in [2.45, 2.75) is 12.6 Å². The zero-order chi connectivity index (χ0) is 18.1. The van der Waals surface area contributed by atoms with Crippen LogP contribution in [0.1, 0.15) is 17.2 Å². The Labute approximate surface area is 150 Å². The lowest BCUT2D eigenvalue weighted by atomic mass is 10.0. The van der Waals surface area contributed by atoms with Crippen molar-refractivity contribution in [2.24, 2.45) is 5.73 Å². The van der Waals surface area contributed by atoms with E-state index in [4.69, 9.17) is 10.5 Å². The van der Waals surface area contributed by atoms with Gasteiger partial charge in [0.05, 0.1) is 5.69 Å². The summed E-state index contributed by atoms with van der Waals surface area (Å²) in [6.45, 7) is 0.168. The first-order valence-electron chi connectivity index (χ1n) is 8.22. The number of carbonyl (C=O) groups is 2. The third kappa shape index (κ3) is 3.10. The Kier molecular flexibility index (Phi) is 4.02. The molecule has 4 N–H and O–H groups in total. The van der Waals surface area contributed by atoms with E-state index in [-0.39, 0.29) is 12.5 Å². The molecule has 6 nitrogen and oxygen atoms in total. The number of benzene rings is 3. The number of anilines is 2. The van der Waals surface area contributed by atoms with Crippen molar-refractivity contribution in [1.82, 2.24) is 0 Å². The number of nitrogens with two attached hydrogens (primary N) is 1. The molecule has 3 aromatic rings. The van der Waals surface area contributed by atoms with Crippen LogP contribution in [0.5, 0.6) is 0 Å². The first-order chi connectivity index (χ1) is 12.6. The molecule has 1 heterocycles. The molecular formula is C20H17N3O3. The molecule has 1 unspecified atom stereocenters. The molecule has 0 spiro atoms. The van der Waals surface area contributed by atoms with Gasteiger partial charge in [-0.25, -0.2) is 4.79 Å². The number of nitrogens with one attached hydrogen (secondary N) is 2. The highest BCUT2D eigenvalue weighted by molar-refractivity contribution is 5.97. The number of hydrogen-bond donors (Lipinski definition) is 3. The molecule has 26 heavy (non-hydrogen) atoms. The predicted molar refractivity (Wildman–Crippen MR) is 99.8 cm³/mol. The average molecular weight is 347 g/mol. The van der Waals surface area contributed by atoms with Crippen molar-refractivity contribution < 1.29 is 14.3 Å². The van der Waals surface area contributed by atoms with Gasteiger partial charge in [-0.3, -0.25) is 10.1 Å². The van der Waals surface area contributed by atoms with Crippen molar-refractivity contribution in [3.05, 3.63) is 71.8 Å². The second kappa shape index (κ2) is 6.50. The molecule has 130 valence electrons. The SMILES string of the molecule is NC(C(=O)Nc1ccc2c(c1)COC(=O)N2)c1ccc2ccccc2c1. The van der Waals surface area contributed by atoms with Gasteiger partial charge in [0.25, 0.3) is 0 Å². The average Bonchev–Trinajstić information content (AvgIpc) is 2.67. The number of rotatable bonds is 3. The van der Waals surface area contributed by atoms with Gasteiger partial charge in [-0.2, -0.15) is 0 Å². The van der Waals surface area contributed by atoms with Crippen LogP contribution in [0.15, 0.2) is 60.7 Å². The van der Waals surface area contributed by atoms with E-state index >= 15 is 0 Å². The molecule has 0 radical (unpaired) electrons. The zero-order valence-electron chi connectivity index (χ0n) is 13.9. The highest BCUT2D eigenvalue weighted by atomic mass is 16.5. The number of fused-ring (bicyclic) bond motifs is 2. The van der Waals surface area contributed by atoms with Crippen LogP contribution in [0.4, 0.5) is 16.2 Å². The number of amides is 2. The Morgan fingerprint density at radius 2 is 1.88 bits per heavy atom. The van der Waals surface area contributed by atoms with Crippen LogP contribution in [0.25, 0.3) is 10.8 Å². The van der Waals surface area contributed by atoms with E-state index in [1.807, 2.05) is 42.5 Å². The summed E-state index contributed by atoms with van der Waals surface area (Å²) in [5.74, 6) is -0.305. The monoisotopic (exact) mass is 347 g/mol. The first kappa shape index (κ1) is 16.1. The molecule has 1 atom stereocenters. The Balaban J connectivity index is 1.52. The van der Waals surface area contributed by atoms with Gasteiger partial charge in [0.1, 0.15) is 12.6 Å². The van der Waals surface area contributed by atoms with E-state index in [1.165, 1.54) is 0 Å². The summed E-state index contributed by atoms with van der Waals surface area (Å²) in [6.07, 6.45) is -0.479. The van der Waals surface area contributed by atoms with Gasteiger partial charge < -0.3 is 15.8 Å². The lowest BCUT2D eigenvalue weighted by molar-refractivity contribution is -0.117. The van der Waals surface area contributed by atoms with Gasteiger partial charge >= 0.3 is 6.09 Å². The molecule has 0 saturated heterocycles. The predicted octanol–water partition coefficient (Wildman–Crippen LogP) is 3.54. The lowest BCUT2D eigenvalue weighted by Gasteiger charge is -2.19. The smallest absolute Gasteiger partial charge is 0.411 e. The molecule has 0 saturated carbocycles. The van der Waals surface area contributed by atoms with Gasteiger partial charge in [-0.05, 0) is 40.6 Å². The Morgan fingerprint density at radius 3 is 2.73 bits per heavy atom. The first-order valence-corrected chi connectivity index (χ1v) is 8.22. The van der Waals surface area contributed by atoms with Crippen LogP contribution in [-0.4, -0.2) is 12.0 Å². The van der Waals surface area contributed by atoms with Gasteiger partial charge in [0.2, 0.25) is 5.91 Å². The summed E-state index contributed by atoms with van der Waals surface area (Å²) in [6, 6.07) is 18.1. The maximum atomic E-state index is 12.5. The molecule has 1 aliphatic rings. The Morgan fingerprint density at radius 1 is 1.08 bits per heavy atom. The standard InChI is InChI=1S/C20H17N3O3/c21-18(14-6-5-12-3-1-2-4-13(12)9-14)19(24)22-16-7-8-17-15(10-16)11-26-20(25)23-17/h1-10,18H,11,21H2,(H,22,24)(H,23,25). The molecule has 0 bridgehead atoms. The lowest BCUT2D eigenvalue weighted by Crippen LogP contribution is -2.28.